The number of H-pyrrole nitrogens is 2. The predicted octanol–water partition coefficient (Wildman–Crippen LogP) is 5.77. The molecule has 2 saturated heterocycles. The molecule has 214 valence electrons. The quantitative estimate of drug-likeness (QED) is 0.310. The second-order valence-electron chi connectivity index (χ2n) is 12.6. The third-order valence-corrected chi connectivity index (χ3v) is 9.96. The molecular weight excluding hydrogens is 524 g/mol. The molecule has 8 heteroatoms. The molecule has 42 heavy (non-hydrogen) atoms. The summed E-state index contributed by atoms with van der Waals surface area (Å²) in [5.74, 6) is 9.42. The number of aromatic nitrogens is 4. The number of hydrogen-bond acceptors (Lipinski definition) is 4. The van der Waals surface area contributed by atoms with Crippen LogP contribution in [0.25, 0.3) is 22.1 Å². The molecule has 2 atom stereocenters. The summed E-state index contributed by atoms with van der Waals surface area (Å²) in [4.78, 5) is 46.8. The zero-order valence-corrected chi connectivity index (χ0v) is 23.9. The normalized spacial score (nSPS) is 22.8. The maximum Gasteiger partial charge on any atom is 0.226 e. The first-order valence-electron chi connectivity index (χ1n) is 15.7. The van der Waals surface area contributed by atoms with Crippen LogP contribution < -0.4 is 0 Å². The molecular formula is C34H36N6O2. The van der Waals surface area contributed by atoms with E-state index < -0.39 is 0 Å². The number of nitrogens with zero attached hydrogens (tertiary/aromatic N) is 4. The van der Waals surface area contributed by atoms with Gasteiger partial charge in [-0.05, 0) is 87.8 Å². The van der Waals surface area contributed by atoms with Crippen LogP contribution in [0.1, 0.15) is 99.1 Å². The first-order chi connectivity index (χ1) is 20.6. The summed E-state index contributed by atoms with van der Waals surface area (Å²) in [6.07, 6.45) is 10.4. The fraction of sp³-hybridized carbons (Fsp3) is 0.471. The van der Waals surface area contributed by atoms with Gasteiger partial charge >= 0.3 is 0 Å². The number of carbonyl (C=O) groups excluding carboxylic acids is 2. The summed E-state index contributed by atoms with van der Waals surface area (Å²) in [6.45, 7) is 1.65. The van der Waals surface area contributed by atoms with E-state index in [1.54, 1.807) is 0 Å². The summed E-state index contributed by atoms with van der Waals surface area (Å²) in [7, 11) is 0. The Kier molecular flexibility index (Phi) is 6.28. The van der Waals surface area contributed by atoms with Gasteiger partial charge in [-0.3, -0.25) is 9.59 Å². The Morgan fingerprint density at radius 1 is 0.643 bits per heavy atom. The van der Waals surface area contributed by atoms with Gasteiger partial charge in [-0.25, -0.2) is 9.97 Å². The Balaban J connectivity index is 1.00. The van der Waals surface area contributed by atoms with Gasteiger partial charge in [0.25, 0.3) is 0 Å². The number of aromatic amines is 2. The lowest BCUT2D eigenvalue weighted by Gasteiger charge is -2.32. The van der Waals surface area contributed by atoms with Crippen LogP contribution in [-0.2, 0) is 9.59 Å². The number of nitrogens with one attached hydrogen (secondary N) is 2. The monoisotopic (exact) mass is 560 g/mol. The van der Waals surface area contributed by atoms with Gasteiger partial charge in [-0.15, -0.1) is 0 Å². The van der Waals surface area contributed by atoms with Gasteiger partial charge < -0.3 is 19.8 Å². The molecule has 2 aromatic heterocycles. The van der Waals surface area contributed by atoms with E-state index in [4.69, 9.17) is 9.97 Å². The van der Waals surface area contributed by atoms with Crippen LogP contribution in [0, 0.1) is 23.7 Å². The molecule has 2 amide bonds. The number of imidazole rings is 2. The summed E-state index contributed by atoms with van der Waals surface area (Å²) >= 11 is 0. The first kappa shape index (κ1) is 25.6. The first-order valence-corrected chi connectivity index (χ1v) is 15.7. The SMILES string of the molecule is O=C(C1CCC1)N1CCC[C@H]1c1nc2cc(C#Cc3ccc4nc([C@@H]5CCCN5C(=O)C5CCC5)[nH]c4c3)ccc2[nH]1. The van der Waals surface area contributed by atoms with E-state index in [1.165, 1.54) is 12.8 Å². The molecule has 2 aliphatic carbocycles. The average Bonchev–Trinajstić information content (AvgIpc) is 3.73. The minimum absolute atomic E-state index is 0.0399. The Labute approximate surface area is 245 Å². The second-order valence-corrected chi connectivity index (χ2v) is 12.6. The maximum atomic E-state index is 13.0. The molecule has 2 aliphatic heterocycles. The molecule has 4 aromatic rings. The third-order valence-electron chi connectivity index (χ3n) is 9.96. The Bertz CT molecular complexity index is 1620. The van der Waals surface area contributed by atoms with Crippen LogP contribution >= 0.6 is 0 Å². The molecule has 2 N–H and O–H groups in total. The van der Waals surface area contributed by atoms with Gasteiger partial charge in [0.1, 0.15) is 11.6 Å². The highest BCUT2D eigenvalue weighted by Gasteiger charge is 2.38. The summed E-state index contributed by atoms with van der Waals surface area (Å²) in [6, 6.07) is 12.2. The number of carbonyl (C=O) groups is 2. The van der Waals surface area contributed by atoms with Gasteiger partial charge in [0, 0.05) is 36.1 Å². The van der Waals surface area contributed by atoms with Crippen molar-refractivity contribution < 1.29 is 9.59 Å². The zero-order chi connectivity index (χ0) is 28.2. The van der Waals surface area contributed by atoms with E-state index in [-0.39, 0.29) is 23.9 Å². The molecule has 4 heterocycles. The van der Waals surface area contributed by atoms with Crippen LogP contribution in [0.2, 0.25) is 0 Å². The molecule has 8 nitrogen and oxygen atoms in total. The lowest BCUT2D eigenvalue weighted by atomic mass is 9.84. The van der Waals surface area contributed by atoms with E-state index in [2.05, 4.69) is 31.6 Å². The number of fused-ring (bicyclic) bond motifs is 2. The maximum absolute atomic E-state index is 13.0. The van der Waals surface area contributed by atoms with E-state index in [1.807, 2.05) is 36.4 Å². The van der Waals surface area contributed by atoms with E-state index in [0.717, 1.165) is 109 Å². The summed E-state index contributed by atoms with van der Waals surface area (Å²) in [5, 5.41) is 0. The Hall–Kier alpha value is -4.12. The molecule has 4 fully saturated rings. The fourth-order valence-corrected chi connectivity index (χ4v) is 7.08. The van der Waals surface area contributed by atoms with Crippen molar-refractivity contribution in [2.24, 2.45) is 11.8 Å². The highest BCUT2D eigenvalue weighted by Crippen LogP contribution is 2.38. The smallest absolute Gasteiger partial charge is 0.226 e. The van der Waals surface area contributed by atoms with Crippen molar-refractivity contribution in [2.75, 3.05) is 13.1 Å². The zero-order valence-electron chi connectivity index (χ0n) is 23.9. The van der Waals surface area contributed by atoms with Gasteiger partial charge in [0.15, 0.2) is 0 Å². The van der Waals surface area contributed by atoms with Crippen molar-refractivity contribution in [3.8, 4) is 11.8 Å². The topological polar surface area (TPSA) is 98.0 Å². The van der Waals surface area contributed by atoms with Crippen molar-refractivity contribution in [1.29, 1.82) is 0 Å². The number of rotatable bonds is 4. The van der Waals surface area contributed by atoms with Crippen molar-refractivity contribution in [2.45, 2.75) is 76.3 Å². The molecule has 4 aliphatic rings. The van der Waals surface area contributed by atoms with Crippen LogP contribution in [0.4, 0.5) is 0 Å². The van der Waals surface area contributed by atoms with Crippen LogP contribution in [0.3, 0.4) is 0 Å². The van der Waals surface area contributed by atoms with Crippen molar-refractivity contribution in [3.05, 3.63) is 59.2 Å². The van der Waals surface area contributed by atoms with Crippen molar-refractivity contribution in [3.63, 3.8) is 0 Å². The summed E-state index contributed by atoms with van der Waals surface area (Å²) in [5.41, 5.74) is 5.51. The molecule has 2 aromatic carbocycles. The molecule has 0 radical (unpaired) electrons. The second kappa shape index (κ2) is 10.3. The highest BCUT2D eigenvalue weighted by molar-refractivity contribution is 5.82. The van der Waals surface area contributed by atoms with Gasteiger partial charge in [-0.2, -0.15) is 0 Å². The lowest BCUT2D eigenvalue weighted by molar-refractivity contribution is -0.140. The van der Waals surface area contributed by atoms with E-state index in [0.29, 0.717) is 11.8 Å². The standard InChI is InChI=1S/C34H36N6O2/c41-33(23-5-1-6-23)39-17-3-9-29(39)31-35-25-15-13-21(19-27(25)37-31)11-12-22-14-16-26-28(20-22)38-32(36-26)30-10-4-18-40(30)34(42)24-7-2-8-24/h13-16,19-20,23-24,29-30H,1-10,17-18H2,(H,35,37)(H,36,38)/t29-,30-/m0/s1. The average molecular weight is 561 g/mol. The molecule has 2 saturated carbocycles. The van der Waals surface area contributed by atoms with Gasteiger partial charge in [0.05, 0.1) is 34.2 Å². The minimum atomic E-state index is 0.0399. The van der Waals surface area contributed by atoms with Gasteiger partial charge in [0.2, 0.25) is 11.8 Å². The van der Waals surface area contributed by atoms with Crippen molar-refractivity contribution in [1.82, 2.24) is 29.7 Å². The van der Waals surface area contributed by atoms with Gasteiger partial charge in [-0.1, -0.05) is 24.7 Å². The number of amides is 2. The van der Waals surface area contributed by atoms with Crippen LogP contribution in [-0.4, -0.2) is 54.6 Å². The predicted molar refractivity (Wildman–Crippen MR) is 160 cm³/mol. The molecule has 0 unspecified atom stereocenters. The van der Waals surface area contributed by atoms with E-state index in [9.17, 15) is 9.59 Å². The van der Waals surface area contributed by atoms with Crippen LogP contribution in [0.15, 0.2) is 36.4 Å². The minimum Gasteiger partial charge on any atom is -0.340 e. The number of benzene rings is 2. The fourth-order valence-electron chi connectivity index (χ4n) is 7.08. The summed E-state index contributed by atoms with van der Waals surface area (Å²) < 4.78 is 0. The lowest BCUT2D eigenvalue weighted by Crippen LogP contribution is -2.38. The molecule has 0 bridgehead atoms. The number of hydrogen-bond donors (Lipinski definition) is 2. The van der Waals surface area contributed by atoms with Crippen LogP contribution in [0.5, 0.6) is 0 Å². The van der Waals surface area contributed by atoms with E-state index >= 15 is 0 Å². The number of likely N-dealkylation sites (tertiary alicyclic amines) is 2. The largest absolute Gasteiger partial charge is 0.340 e. The van der Waals surface area contributed by atoms with Crippen molar-refractivity contribution >= 4 is 33.9 Å². The third kappa shape index (κ3) is 4.46. The highest BCUT2D eigenvalue weighted by atomic mass is 16.2. The molecule has 0 spiro atoms. The Morgan fingerprint density at radius 3 is 1.79 bits per heavy atom. The Morgan fingerprint density at radius 2 is 1.19 bits per heavy atom. The molecule has 8 rings (SSSR count).